The summed E-state index contributed by atoms with van der Waals surface area (Å²) in [5.41, 5.74) is -0.623. The Balaban J connectivity index is 2.43. The van der Waals surface area contributed by atoms with Crippen LogP contribution < -0.4 is 5.32 Å². The molecule has 1 aliphatic rings. The van der Waals surface area contributed by atoms with Gasteiger partial charge in [-0.3, -0.25) is 4.68 Å². The lowest BCUT2D eigenvalue weighted by molar-refractivity contribution is 0.178. The van der Waals surface area contributed by atoms with Gasteiger partial charge in [-0.1, -0.05) is 0 Å². The van der Waals surface area contributed by atoms with Crippen LogP contribution >= 0.6 is 15.9 Å². The topological polar surface area (TPSA) is 29.9 Å². The van der Waals surface area contributed by atoms with Gasteiger partial charge in [0.2, 0.25) is 0 Å². The van der Waals surface area contributed by atoms with Gasteiger partial charge in [-0.15, -0.1) is 0 Å². The Kier molecular flexibility index (Phi) is 2.15. The first-order valence-corrected chi connectivity index (χ1v) is 5.00. The van der Waals surface area contributed by atoms with Crippen LogP contribution in [0.25, 0.3) is 0 Å². The zero-order valence-electron chi connectivity index (χ0n) is 7.35. The number of halogens is 2. The van der Waals surface area contributed by atoms with Gasteiger partial charge >= 0.3 is 0 Å². The molecule has 13 heavy (non-hydrogen) atoms. The minimum absolute atomic E-state index is 0.380. The molecule has 1 unspecified atom stereocenters. The summed E-state index contributed by atoms with van der Waals surface area (Å²) in [7, 11) is 1.76. The number of hydrogen-bond donors (Lipinski definition) is 1. The van der Waals surface area contributed by atoms with Crippen LogP contribution in [0.2, 0.25) is 0 Å². The van der Waals surface area contributed by atoms with Crippen molar-refractivity contribution in [3.8, 4) is 0 Å². The second kappa shape index (κ2) is 3.06. The first-order chi connectivity index (χ1) is 6.13. The molecule has 1 N–H and O–H groups in total. The summed E-state index contributed by atoms with van der Waals surface area (Å²) in [5.74, 6) is 0. The molecular weight excluding hydrogens is 237 g/mol. The van der Waals surface area contributed by atoms with Gasteiger partial charge in [0.25, 0.3) is 0 Å². The SMILES string of the molecule is Cn1ncc(Br)c1C1(F)CCNC1. The van der Waals surface area contributed by atoms with E-state index in [9.17, 15) is 4.39 Å². The summed E-state index contributed by atoms with van der Waals surface area (Å²) < 4.78 is 16.6. The molecular formula is C8H11BrFN3. The molecule has 0 aromatic carbocycles. The van der Waals surface area contributed by atoms with Crippen LogP contribution in [-0.4, -0.2) is 22.9 Å². The average Bonchev–Trinajstić information content (AvgIpc) is 2.60. The Morgan fingerprint density at radius 2 is 2.54 bits per heavy atom. The Morgan fingerprint density at radius 3 is 3.00 bits per heavy atom. The minimum atomic E-state index is -1.26. The fourth-order valence-corrected chi connectivity index (χ4v) is 2.48. The molecule has 0 spiro atoms. The quantitative estimate of drug-likeness (QED) is 0.812. The Bertz CT molecular complexity index is 298. The van der Waals surface area contributed by atoms with Crippen LogP contribution in [0.1, 0.15) is 12.1 Å². The first kappa shape index (κ1) is 9.15. The van der Waals surface area contributed by atoms with Crippen molar-refractivity contribution >= 4 is 15.9 Å². The van der Waals surface area contributed by atoms with Crippen LogP contribution in [0.3, 0.4) is 0 Å². The summed E-state index contributed by atoms with van der Waals surface area (Å²) in [4.78, 5) is 0. The minimum Gasteiger partial charge on any atom is -0.313 e. The predicted octanol–water partition coefficient (Wildman–Crippen LogP) is 1.34. The van der Waals surface area contributed by atoms with Gasteiger partial charge in [0.15, 0.2) is 5.67 Å². The third-order valence-electron chi connectivity index (χ3n) is 2.42. The number of hydrogen-bond acceptors (Lipinski definition) is 2. The van der Waals surface area contributed by atoms with Gasteiger partial charge in [-0.2, -0.15) is 5.10 Å². The average molecular weight is 248 g/mol. The van der Waals surface area contributed by atoms with E-state index in [0.29, 0.717) is 18.7 Å². The summed E-state index contributed by atoms with van der Waals surface area (Å²) in [6.45, 7) is 1.11. The monoisotopic (exact) mass is 247 g/mol. The number of nitrogens with zero attached hydrogens (tertiary/aromatic N) is 2. The van der Waals surface area contributed by atoms with Crippen molar-refractivity contribution in [2.75, 3.05) is 13.1 Å². The van der Waals surface area contributed by atoms with Crippen molar-refractivity contribution in [2.24, 2.45) is 7.05 Å². The first-order valence-electron chi connectivity index (χ1n) is 4.21. The standard InChI is InChI=1S/C8H11BrFN3/c1-13-7(6(9)4-12-13)8(10)2-3-11-5-8/h4,11H,2-3,5H2,1H3. The third-order valence-corrected chi connectivity index (χ3v) is 3.00. The van der Waals surface area contributed by atoms with E-state index in [1.165, 1.54) is 0 Å². The molecule has 5 heteroatoms. The highest BCUT2D eigenvalue weighted by Gasteiger charge is 2.39. The predicted molar refractivity (Wildman–Crippen MR) is 51.2 cm³/mol. The molecule has 1 saturated heterocycles. The van der Waals surface area contributed by atoms with Crippen molar-refractivity contribution in [2.45, 2.75) is 12.1 Å². The van der Waals surface area contributed by atoms with Gasteiger partial charge < -0.3 is 5.32 Å². The van der Waals surface area contributed by atoms with Crippen molar-refractivity contribution in [3.63, 3.8) is 0 Å². The Hall–Kier alpha value is -0.420. The highest BCUT2D eigenvalue weighted by atomic mass is 79.9. The van der Waals surface area contributed by atoms with Crippen molar-refractivity contribution in [3.05, 3.63) is 16.4 Å². The van der Waals surface area contributed by atoms with E-state index in [1.807, 2.05) is 0 Å². The van der Waals surface area contributed by atoms with Gasteiger partial charge in [0.1, 0.15) is 0 Å². The smallest absolute Gasteiger partial charge is 0.167 e. The number of aromatic nitrogens is 2. The Labute approximate surface area is 84.4 Å². The molecule has 1 aromatic heterocycles. The normalized spacial score (nSPS) is 28.2. The fourth-order valence-electron chi connectivity index (χ4n) is 1.78. The van der Waals surface area contributed by atoms with Crippen LogP contribution in [0.15, 0.2) is 10.7 Å². The third kappa shape index (κ3) is 1.40. The molecule has 1 fully saturated rings. The summed E-state index contributed by atoms with van der Waals surface area (Å²) in [6, 6.07) is 0. The highest BCUT2D eigenvalue weighted by Crippen LogP contribution is 2.36. The highest BCUT2D eigenvalue weighted by molar-refractivity contribution is 9.10. The molecule has 0 aliphatic carbocycles. The van der Waals surface area contributed by atoms with Gasteiger partial charge in [-0.25, -0.2) is 4.39 Å². The van der Waals surface area contributed by atoms with Crippen LogP contribution in [0.5, 0.6) is 0 Å². The fraction of sp³-hybridized carbons (Fsp3) is 0.625. The van der Waals surface area contributed by atoms with E-state index in [1.54, 1.807) is 17.9 Å². The molecule has 2 heterocycles. The molecule has 3 nitrogen and oxygen atoms in total. The number of aryl methyl sites for hydroxylation is 1. The van der Waals surface area contributed by atoms with Gasteiger partial charge in [-0.05, 0) is 22.5 Å². The number of rotatable bonds is 1. The zero-order chi connectivity index (χ0) is 9.47. The molecule has 2 rings (SSSR count). The lowest BCUT2D eigenvalue weighted by atomic mass is 10.0. The number of alkyl halides is 1. The summed E-state index contributed by atoms with van der Waals surface area (Å²) in [6.07, 6.45) is 2.15. The van der Waals surface area contributed by atoms with E-state index in [0.717, 1.165) is 11.0 Å². The molecule has 0 saturated carbocycles. The molecule has 1 atom stereocenters. The lowest BCUT2D eigenvalue weighted by Gasteiger charge is -2.18. The second-order valence-corrected chi connectivity index (χ2v) is 4.21. The zero-order valence-corrected chi connectivity index (χ0v) is 8.94. The van der Waals surface area contributed by atoms with Crippen molar-refractivity contribution < 1.29 is 4.39 Å². The molecule has 0 radical (unpaired) electrons. The van der Waals surface area contributed by atoms with Gasteiger partial charge in [0.05, 0.1) is 16.4 Å². The molecule has 72 valence electrons. The van der Waals surface area contributed by atoms with Crippen molar-refractivity contribution in [1.82, 2.24) is 15.1 Å². The molecule has 0 amide bonds. The maximum atomic E-state index is 14.2. The van der Waals surface area contributed by atoms with E-state index in [4.69, 9.17) is 0 Å². The second-order valence-electron chi connectivity index (χ2n) is 3.36. The van der Waals surface area contributed by atoms with E-state index < -0.39 is 5.67 Å². The van der Waals surface area contributed by atoms with Crippen LogP contribution in [0.4, 0.5) is 4.39 Å². The number of nitrogens with one attached hydrogen (secondary N) is 1. The van der Waals surface area contributed by atoms with Crippen LogP contribution in [0, 0.1) is 0 Å². The maximum Gasteiger partial charge on any atom is 0.167 e. The molecule has 1 aliphatic heterocycles. The lowest BCUT2D eigenvalue weighted by Crippen LogP contribution is -2.26. The van der Waals surface area contributed by atoms with E-state index in [2.05, 4.69) is 26.3 Å². The maximum absolute atomic E-state index is 14.2. The van der Waals surface area contributed by atoms with Crippen LogP contribution in [-0.2, 0) is 12.7 Å². The Morgan fingerprint density at radius 1 is 1.77 bits per heavy atom. The summed E-state index contributed by atoms with van der Waals surface area (Å²) in [5, 5.41) is 7.03. The molecule has 0 bridgehead atoms. The van der Waals surface area contributed by atoms with Crippen molar-refractivity contribution in [1.29, 1.82) is 0 Å². The van der Waals surface area contributed by atoms with E-state index in [-0.39, 0.29) is 0 Å². The van der Waals surface area contributed by atoms with Gasteiger partial charge in [0, 0.05) is 20.0 Å². The molecule has 1 aromatic rings. The largest absolute Gasteiger partial charge is 0.313 e. The summed E-state index contributed by atoms with van der Waals surface area (Å²) >= 11 is 3.31. The van der Waals surface area contributed by atoms with E-state index >= 15 is 0 Å².